The van der Waals surface area contributed by atoms with Gasteiger partial charge in [0, 0.05) is 37.8 Å². The van der Waals surface area contributed by atoms with E-state index in [1.807, 2.05) is 13.0 Å². The normalized spacial score (nSPS) is 18.3. The van der Waals surface area contributed by atoms with E-state index < -0.39 is 0 Å². The largest absolute Gasteiger partial charge is 0.314 e. The molecule has 19 heavy (non-hydrogen) atoms. The molecule has 1 fully saturated rings. The van der Waals surface area contributed by atoms with Gasteiger partial charge >= 0.3 is 0 Å². The molecule has 3 nitrogen and oxygen atoms in total. The van der Waals surface area contributed by atoms with Gasteiger partial charge in [-0.15, -0.1) is 6.58 Å². The van der Waals surface area contributed by atoms with Crippen LogP contribution in [0.3, 0.4) is 0 Å². The first-order valence-corrected chi connectivity index (χ1v) is 7.24. The van der Waals surface area contributed by atoms with E-state index in [0.717, 1.165) is 43.7 Å². The lowest BCUT2D eigenvalue weighted by Crippen LogP contribution is -2.45. The Kier molecular flexibility index (Phi) is 5.22. The summed E-state index contributed by atoms with van der Waals surface area (Å²) in [5, 5.41) is 4.30. The van der Waals surface area contributed by atoms with Crippen molar-refractivity contribution in [3.05, 3.63) is 40.2 Å². The summed E-state index contributed by atoms with van der Waals surface area (Å²) in [7, 11) is 0. The fourth-order valence-corrected chi connectivity index (χ4v) is 2.90. The molecule has 5 heteroatoms. The van der Waals surface area contributed by atoms with Gasteiger partial charge in [-0.3, -0.25) is 4.90 Å². The lowest BCUT2D eigenvalue weighted by Gasteiger charge is -2.35. The molecule has 0 bridgehead atoms. The molecule has 0 saturated carbocycles. The Morgan fingerprint density at radius 3 is 2.68 bits per heavy atom. The predicted octanol–water partition coefficient (Wildman–Crippen LogP) is 3.30. The molecule has 1 aliphatic rings. The zero-order valence-electron chi connectivity index (χ0n) is 11.1. The first-order valence-electron chi connectivity index (χ1n) is 6.49. The molecule has 0 amide bonds. The number of piperazine rings is 1. The lowest BCUT2D eigenvalue weighted by atomic mass is 9.99. The Morgan fingerprint density at radius 2 is 2.11 bits per heavy atom. The number of aromatic nitrogens is 1. The maximum absolute atomic E-state index is 6.26. The van der Waals surface area contributed by atoms with Gasteiger partial charge in [-0.05, 0) is 19.4 Å². The van der Waals surface area contributed by atoms with Gasteiger partial charge in [-0.2, -0.15) is 0 Å². The zero-order valence-corrected chi connectivity index (χ0v) is 12.6. The van der Waals surface area contributed by atoms with Gasteiger partial charge in [0.25, 0.3) is 0 Å². The summed E-state index contributed by atoms with van der Waals surface area (Å²) in [5.41, 5.74) is 2.19. The molecule has 1 saturated heterocycles. The van der Waals surface area contributed by atoms with E-state index in [9.17, 15) is 0 Å². The van der Waals surface area contributed by atoms with Gasteiger partial charge in [0.15, 0.2) is 0 Å². The molecular formula is C14H19Cl2N3. The molecule has 1 aromatic rings. The third kappa shape index (κ3) is 3.93. The SMILES string of the molecule is C=C(C)C[C@H](c1ccc(Cl)nc1Cl)N1CCNCC1. The quantitative estimate of drug-likeness (QED) is 0.683. The fraction of sp³-hybridized carbons (Fsp3) is 0.500. The maximum Gasteiger partial charge on any atom is 0.135 e. The van der Waals surface area contributed by atoms with Crippen molar-refractivity contribution < 1.29 is 0 Å². The van der Waals surface area contributed by atoms with Crippen molar-refractivity contribution in [1.29, 1.82) is 0 Å². The molecule has 1 atom stereocenters. The highest BCUT2D eigenvalue weighted by atomic mass is 35.5. The molecule has 0 aliphatic carbocycles. The van der Waals surface area contributed by atoms with Gasteiger partial charge in [0.1, 0.15) is 10.3 Å². The van der Waals surface area contributed by atoms with E-state index >= 15 is 0 Å². The molecule has 1 N–H and O–H groups in total. The van der Waals surface area contributed by atoms with Gasteiger partial charge < -0.3 is 5.32 Å². The van der Waals surface area contributed by atoms with E-state index in [-0.39, 0.29) is 6.04 Å². The third-order valence-corrected chi connectivity index (χ3v) is 3.85. The van der Waals surface area contributed by atoms with Crippen molar-refractivity contribution in [2.75, 3.05) is 26.2 Å². The summed E-state index contributed by atoms with van der Waals surface area (Å²) in [6.07, 6.45) is 0.892. The predicted molar refractivity (Wildman–Crippen MR) is 80.9 cm³/mol. The average Bonchev–Trinajstić information content (AvgIpc) is 2.37. The molecule has 0 unspecified atom stereocenters. The highest BCUT2D eigenvalue weighted by Gasteiger charge is 2.24. The number of pyridine rings is 1. The van der Waals surface area contributed by atoms with Crippen LogP contribution in [-0.2, 0) is 0 Å². The standard InChI is InChI=1S/C14H19Cl2N3/c1-10(2)9-12(19-7-5-17-6-8-19)11-3-4-13(15)18-14(11)16/h3-4,12,17H,1,5-9H2,2H3/t12-/m1/s1. The van der Waals surface area contributed by atoms with Gasteiger partial charge in [-0.25, -0.2) is 4.98 Å². The molecular weight excluding hydrogens is 281 g/mol. The first kappa shape index (κ1) is 14.8. The van der Waals surface area contributed by atoms with Crippen molar-refractivity contribution >= 4 is 23.2 Å². The summed E-state index contributed by atoms with van der Waals surface area (Å²) >= 11 is 12.1. The van der Waals surface area contributed by atoms with Crippen molar-refractivity contribution in [3.63, 3.8) is 0 Å². The molecule has 0 radical (unpaired) electrons. The second-order valence-electron chi connectivity index (χ2n) is 4.98. The van der Waals surface area contributed by atoms with Crippen LogP contribution in [0.25, 0.3) is 0 Å². The van der Waals surface area contributed by atoms with Crippen LogP contribution in [0.5, 0.6) is 0 Å². The Morgan fingerprint density at radius 1 is 1.42 bits per heavy atom. The average molecular weight is 300 g/mol. The number of halogens is 2. The third-order valence-electron chi connectivity index (χ3n) is 3.34. The topological polar surface area (TPSA) is 28.2 Å². The molecule has 0 aromatic carbocycles. The Balaban J connectivity index is 2.27. The minimum atomic E-state index is 0.233. The fourth-order valence-electron chi connectivity index (χ4n) is 2.43. The maximum atomic E-state index is 6.26. The molecule has 1 aromatic heterocycles. The second kappa shape index (κ2) is 6.71. The number of hydrogen-bond donors (Lipinski definition) is 1. The Hall–Kier alpha value is -0.610. The molecule has 2 heterocycles. The minimum Gasteiger partial charge on any atom is -0.314 e. The number of nitrogens with one attached hydrogen (secondary N) is 1. The van der Waals surface area contributed by atoms with E-state index in [4.69, 9.17) is 23.2 Å². The second-order valence-corrected chi connectivity index (χ2v) is 5.72. The van der Waals surface area contributed by atoms with Crippen molar-refractivity contribution in [3.8, 4) is 0 Å². The molecule has 1 aliphatic heterocycles. The monoisotopic (exact) mass is 299 g/mol. The van der Waals surface area contributed by atoms with Crippen molar-refractivity contribution in [2.24, 2.45) is 0 Å². The smallest absolute Gasteiger partial charge is 0.135 e. The van der Waals surface area contributed by atoms with Crippen LogP contribution >= 0.6 is 23.2 Å². The van der Waals surface area contributed by atoms with Crippen LogP contribution in [0.4, 0.5) is 0 Å². The Labute approximate surface area is 124 Å². The number of rotatable bonds is 4. The summed E-state index contributed by atoms with van der Waals surface area (Å²) < 4.78 is 0. The van der Waals surface area contributed by atoms with Crippen LogP contribution in [0.15, 0.2) is 24.3 Å². The highest BCUT2D eigenvalue weighted by molar-refractivity contribution is 6.32. The van der Waals surface area contributed by atoms with Crippen molar-refractivity contribution in [2.45, 2.75) is 19.4 Å². The van der Waals surface area contributed by atoms with Gasteiger partial charge in [-0.1, -0.05) is 34.8 Å². The van der Waals surface area contributed by atoms with Gasteiger partial charge in [0.05, 0.1) is 0 Å². The highest BCUT2D eigenvalue weighted by Crippen LogP contribution is 2.32. The summed E-state index contributed by atoms with van der Waals surface area (Å²) in [4.78, 5) is 6.59. The van der Waals surface area contributed by atoms with E-state index in [1.54, 1.807) is 6.07 Å². The van der Waals surface area contributed by atoms with E-state index in [0.29, 0.717) is 10.3 Å². The minimum absolute atomic E-state index is 0.233. The van der Waals surface area contributed by atoms with Crippen molar-refractivity contribution in [1.82, 2.24) is 15.2 Å². The van der Waals surface area contributed by atoms with Gasteiger partial charge in [0.2, 0.25) is 0 Å². The molecule has 0 spiro atoms. The van der Waals surface area contributed by atoms with Crippen LogP contribution in [0, 0.1) is 0 Å². The summed E-state index contributed by atoms with van der Waals surface area (Å²) in [6, 6.07) is 4.01. The summed E-state index contributed by atoms with van der Waals surface area (Å²) in [6.45, 7) is 10.1. The van der Waals surface area contributed by atoms with E-state index in [1.165, 1.54) is 0 Å². The number of hydrogen-bond acceptors (Lipinski definition) is 3. The van der Waals surface area contributed by atoms with Crippen LogP contribution in [0.2, 0.25) is 10.3 Å². The zero-order chi connectivity index (χ0) is 13.8. The molecule has 104 valence electrons. The summed E-state index contributed by atoms with van der Waals surface area (Å²) in [5.74, 6) is 0. The Bertz CT molecular complexity index is 456. The number of nitrogens with zero attached hydrogens (tertiary/aromatic N) is 2. The first-order chi connectivity index (χ1) is 9.08. The van der Waals surface area contributed by atoms with Crippen LogP contribution in [0.1, 0.15) is 24.9 Å². The van der Waals surface area contributed by atoms with E-state index in [2.05, 4.69) is 21.8 Å². The van der Waals surface area contributed by atoms with Crippen LogP contribution < -0.4 is 5.32 Å². The van der Waals surface area contributed by atoms with Crippen LogP contribution in [-0.4, -0.2) is 36.1 Å². The molecule has 2 rings (SSSR count). The lowest BCUT2D eigenvalue weighted by molar-refractivity contribution is 0.172.